The van der Waals surface area contributed by atoms with Crippen LogP contribution in [0.1, 0.15) is 12.5 Å². The summed E-state index contributed by atoms with van der Waals surface area (Å²) >= 11 is 13.1. The van der Waals surface area contributed by atoms with Gasteiger partial charge in [-0.05, 0) is 44.2 Å². The molecule has 0 aliphatic rings. The molecule has 0 saturated heterocycles. The van der Waals surface area contributed by atoms with Gasteiger partial charge in [0.05, 0.1) is 5.25 Å². The quantitative estimate of drug-likeness (QED) is 0.567. The minimum atomic E-state index is -0.446. The number of aryl methyl sites for hydroxylation is 1. The molecule has 1 heterocycles. The Labute approximate surface area is 165 Å². The lowest BCUT2D eigenvalue weighted by Crippen LogP contribution is -2.22. The Morgan fingerprint density at radius 2 is 1.88 bits per heavy atom. The number of nitrogens with one attached hydrogen (secondary N) is 1. The van der Waals surface area contributed by atoms with Crippen LogP contribution < -0.4 is 5.32 Å². The van der Waals surface area contributed by atoms with Crippen LogP contribution in [0.3, 0.4) is 0 Å². The number of halogens is 2. The first kappa shape index (κ1) is 18.8. The molecule has 8 heteroatoms. The number of aromatic nitrogens is 2. The number of carbonyl (C=O) groups is 1. The van der Waals surface area contributed by atoms with Crippen molar-refractivity contribution in [3.8, 4) is 11.5 Å². The smallest absolute Gasteiger partial charge is 0.277 e. The van der Waals surface area contributed by atoms with Gasteiger partial charge in [0.25, 0.3) is 5.22 Å². The fraction of sp³-hybridized carbons (Fsp3) is 0.167. The van der Waals surface area contributed by atoms with E-state index < -0.39 is 5.25 Å². The first-order valence-corrected chi connectivity index (χ1v) is 9.38. The lowest BCUT2D eigenvalue weighted by molar-refractivity contribution is -0.115. The largest absolute Gasteiger partial charge is 0.411 e. The van der Waals surface area contributed by atoms with Crippen LogP contribution in [0.5, 0.6) is 0 Å². The van der Waals surface area contributed by atoms with E-state index >= 15 is 0 Å². The molecule has 0 unspecified atom stereocenters. The first-order chi connectivity index (χ1) is 12.4. The standard InChI is InChI=1S/C18H15Cl2N3O2S/c1-10-4-3-5-12(6-10)17-22-23-18(25-17)26-11(2)16(24)21-15-8-13(19)7-14(20)9-15/h3-9,11H,1-2H3,(H,21,24)/t11-/m0/s1. The van der Waals surface area contributed by atoms with E-state index in [1.165, 1.54) is 11.8 Å². The SMILES string of the molecule is Cc1cccc(-c2nnc(S[C@@H](C)C(=O)Nc3cc(Cl)cc(Cl)c3)o2)c1. The Kier molecular flexibility index (Phi) is 5.86. The summed E-state index contributed by atoms with van der Waals surface area (Å²) in [4.78, 5) is 12.4. The van der Waals surface area contributed by atoms with Crippen LogP contribution in [0.25, 0.3) is 11.5 Å². The Balaban J connectivity index is 1.66. The molecule has 1 aromatic heterocycles. The summed E-state index contributed by atoms with van der Waals surface area (Å²) in [6.45, 7) is 3.74. The Morgan fingerprint density at radius 1 is 1.15 bits per heavy atom. The molecule has 1 atom stereocenters. The van der Waals surface area contributed by atoms with E-state index in [4.69, 9.17) is 27.6 Å². The number of benzene rings is 2. The molecule has 0 saturated carbocycles. The van der Waals surface area contributed by atoms with Crippen LogP contribution in [0.2, 0.25) is 10.0 Å². The van der Waals surface area contributed by atoms with Gasteiger partial charge in [-0.1, -0.05) is 52.7 Å². The number of carbonyl (C=O) groups excluding carboxylic acids is 1. The Morgan fingerprint density at radius 3 is 2.58 bits per heavy atom. The Bertz CT molecular complexity index is 925. The van der Waals surface area contributed by atoms with Crippen molar-refractivity contribution in [2.75, 3.05) is 5.32 Å². The van der Waals surface area contributed by atoms with Crippen LogP contribution in [0.15, 0.2) is 52.1 Å². The van der Waals surface area contributed by atoms with E-state index in [0.717, 1.165) is 11.1 Å². The zero-order chi connectivity index (χ0) is 18.7. The number of hydrogen-bond acceptors (Lipinski definition) is 5. The van der Waals surface area contributed by atoms with Crippen molar-refractivity contribution >= 4 is 46.6 Å². The molecule has 0 bridgehead atoms. The van der Waals surface area contributed by atoms with E-state index in [1.54, 1.807) is 25.1 Å². The molecule has 0 radical (unpaired) electrons. The number of amides is 1. The van der Waals surface area contributed by atoms with E-state index in [-0.39, 0.29) is 5.91 Å². The third kappa shape index (κ3) is 4.78. The minimum Gasteiger partial charge on any atom is -0.411 e. The molecule has 1 N–H and O–H groups in total. The van der Waals surface area contributed by atoms with Gasteiger partial charge >= 0.3 is 0 Å². The molecular formula is C18H15Cl2N3O2S. The summed E-state index contributed by atoms with van der Waals surface area (Å²) in [5.74, 6) is 0.203. The summed E-state index contributed by atoms with van der Waals surface area (Å²) < 4.78 is 5.65. The highest BCUT2D eigenvalue weighted by molar-refractivity contribution is 8.00. The van der Waals surface area contributed by atoms with Crippen molar-refractivity contribution in [1.29, 1.82) is 0 Å². The third-order valence-electron chi connectivity index (χ3n) is 3.45. The van der Waals surface area contributed by atoms with Crippen molar-refractivity contribution in [1.82, 2.24) is 10.2 Å². The predicted molar refractivity (Wildman–Crippen MR) is 105 cm³/mol. The van der Waals surface area contributed by atoms with Crippen LogP contribution >= 0.6 is 35.0 Å². The first-order valence-electron chi connectivity index (χ1n) is 7.75. The van der Waals surface area contributed by atoms with Gasteiger partial charge in [0.2, 0.25) is 11.8 Å². The zero-order valence-electron chi connectivity index (χ0n) is 14.0. The van der Waals surface area contributed by atoms with Crippen LogP contribution in [-0.4, -0.2) is 21.4 Å². The van der Waals surface area contributed by atoms with Gasteiger partial charge in [-0.3, -0.25) is 4.79 Å². The molecule has 1 amide bonds. The fourth-order valence-electron chi connectivity index (χ4n) is 2.23. The maximum Gasteiger partial charge on any atom is 0.277 e. The maximum atomic E-state index is 12.4. The van der Waals surface area contributed by atoms with Crippen LogP contribution in [0, 0.1) is 6.92 Å². The number of thioether (sulfide) groups is 1. The topological polar surface area (TPSA) is 68.0 Å². The van der Waals surface area contributed by atoms with Crippen molar-refractivity contribution in [2.24, 2.45) is 0 Å². The van der Waals surface area contributed by atoms with E-state index in [0.29, 0.717) is 26.8 Å². The molecular weight excluding hydrogens is 393 g/mol. The molecule has 0 aliphatic carbocycles. The normalized spacial score (nSPS) is 12.0. The average molecular weight is 408 g/mol. The van der Waals surface area contributed by atoms with Gasteiger partial charge in [-0.2, -0.15) is 0 Å². The molecule has 134 valence electrons. The molecule has 0 fully saturated rings. The lowest BCUT2D eigenvalue weighted by atomic mass is 10.1. The average Bonchev–Trinajstić information content (AvgIpc) is 3.02. The van der Waals surface area contributed by atoms with Gasteiger partial charge in [-0.25, -0.2) is 0 Å². The molecule has 0 aliphatic heterocycles. The van der Waals surface area contributed by atoms with Gasteiger partial charge in [-0.15, -0.1) is 10.2 Å². The number of hydrogen-bond donors (Lipinski definition) is 1. The minimum absolute atomic E-state index is 0.219. The number of nitrogens with zero attached hydrogens (tertiary/aromatic N) is 2. The molecule has 5 nitrogen and oxygen atoms in total. The fourth-order valence-corrected chi connectivity index (χ4v) is 3.44. The second-order valence-electron chi connectivity index (χ2n) is 5.65. The highest BCUT2D eigenvalue weighted by Gasteiger charge is 2.19. The van der Waals surface area contributed by atoms with E-state index in [1.807, 2.05) is 31.2 Å². The van der Waals surface area contributed by atoms with Crippen molar-refractivity contribution in [3.05, 3.63) is 58.1 Å². The zero-order valence-corrected chi connectivity index (χ0v) is 16.3. The van der Waals surface area contributed by atoms with Gasteiger partial charge in [0.15, 0.2) is 0 Å². The van der Waals surface area contributed by atoms with Crippen molar-refractivity contribution < 1.29 is 9.21 Å². The second-order valence-corrected chi connectivity index (χ2v) is 7.81. The predicted octanol–water partition coefficient (Wildman–Crippen LogP) is 5.47. The highest BCUT2D eigenvalue weighted by atomic mass is 35.5. The monoisotopic (exact) mass is 407 g/mol. The van der Waals surface area contributed by atoms with Crippen LogP contribution in [0.4, 0.5) is 5.69 Å². The molecule has 2 aromatic carbocycles. The van der Waals surface area contributed by atoms with Crippen molar-refractivity contribution in [2.45, 2.75) is 24.3 Å². The maximum absolute atomic E-state index is 12.4. The third-order valence-corrected chi connectivity index (χ3v) is 4.82. The van der Waals surface area contributed by atoms with Crippen molar-refractivity contribution in [3.63, 3.8) is 0 Å². The molecule has 3 rings (SSSR count). The summed E-state index contributed by atoms with van der Waals surface area (Å²) in [5, 5.41) is 11.6. The lowest BCUT2D eigenvalue weighted by Gasteiger charge is -2.10. The second kappa shape index (κ2) is 8.12. The summed E-state index contributed by atoms with van der Waals surface area (Å²) in [7, 11) is 0. The Hall–Kier alpha value is -2.02. The number of rotatable bonds is 5. The van der Waals surface area contributed by atoms with Gasteiger partial charge in [0, 0.05) is 21.3 Å². The highest BCUT2D eigenvalue weighted by Crippen LogP contribution is 2.28. The molecule has 26 heavy (non-hydrogen) atoms. The van der Waals surface area contributed by atoms with Gasteiger partial charge < -0.3 is 9.73 Å². The van der Waals surface area contributed by atoms with E-state index in [2.05, 4.69) is 15.5 Å². The van der Waals surface area contributed by atoms with Crippen LogP contribution in [-0.2, 0) is 4.79 Å². The molecule has 0 spiro atoms. The van der Waals surface area contributed by atoms with E-state index in [9.17, 15) is 4.79 Å². The molecule has 3 aromatic rings. The van der Waals surface area contributed by atoms with Gasteiger partial charge in [0.1, 0.15) is 0 Å². The number of anilines is 1. The summed E-state index contributed by atoms with van der Waals surface area (Å²) in [6, 6.07) is 12.6. The summed E-state index contributed by atoms with van der Waals surface area (Å²) in [5.41, 5.74) is 2.48. The summed E-state index contributed by atoms with van der Waals surface area (Å²) in [6.07, 6.45) is 0.